The summed E-state index contributed by atoms with van der Waals surface area (Å²) >= 11 is 0. The summed E-state index contributed by atoms with van der Waals surface area (Å²) in [6.07, 6.45) is -0.0227. The molecular formula is C71H67N4O2Pt-3. The third-order valence-electron chi connectivity index (χ3n) is 14.5. The van der Waals surface area contributed by atoms with E-state index in [4.69, 9.17) is 18.3 Å². The average Bonchev–Trinajstić information content (AvgIpc) is 1.68. The van der Waals surface area contributed by atoms with Crippen molar-refractivity contribution in [1.82, 2.24) is 9.55 Å². The number of rotatable bonds is 8. The summed E-state index contributed by atoms with van der Waals surface area (Å²) in [7, 11) is 0. The van der Waals surface area contributed by atoms with Gasteiger partial charge in [-0.2, -0.15) is 6.07 Å². The molecule has 7 heteroatoms. The summed E-state index contributed by atoms with van der Waals surface area (Å²) in [6.45, 7) is 27.4. The fraction of sp³-hybridized carbons (Fsp3) is 0.239. The zero-order valence-corrected chi connectivity index (χ0v) is 48.6. The summed E-state index contributed by atoms with van der Waals surface area (Å²) in [5.74, 6) is 1.37. The van der Waals surface area contributed by atoms with Gasteiger partial charge in [0.15, 0.2) is 0 Å². The number of furan rings is 1. The van der Waals surface area contributed by atoms with E-state index in [-0.39, 0.29) is 55.0 Å². The van der Waals surface area contributed by atoms with Crippen LogP contribution in [0.2, 0.25) is 0 Å². The first-order valence-electron chi connectivity index (χ1n) is 29.9. The Bertz CT molecular complexity index is 4440. The van der Waals surface area contributed by atoms with E-state index in [1.165, 1.54) is 0 Å². The number of aromatic nitrogens is 2. The first-order chi connectivity index (χ1) is 39.5. The average molecular weight is 1210 g/mol. The molecule has 0 spiro atoms. The third kappa shape index (κ3) is 9.72. The summed E-state index contributed by atoms with van der Waals surface area (Å²) in [5, 5.41) is 3.70. The summed E-state index contributed by atoms with van der Waals surface area (Å²) < 4.78 is 79.1. The Labute approximate surface area is 484 Å². The van der Waals surface area contributed by atoms with Gasteiger partial charge in [0, 0.05) is 86.0 Å². The molecule has 0 unspecified atom stereocenters. The molecule has 0 N–H and O–H groups in total. The van der Waals surface area contributed by atoms with Gasteiger partial charge < -0.3 is 23.5 Å². The smallest absolute Gasteiger partial charge is 0.135 e. The largest absolute Gasteiger partial charge is 0.509 e. The predicted molar refractivity (Wildman–Crippen MR) is 322 cm³/mol. The van der Waals surface area contributed by atoms with Crippen molar-refractivity contribution in [2.24, 2.45) is 5.41 Å². The number of hydrogen-bond donors (Lipinski definition) is 0. The topological polar surface area (TPSA) is 46.7 Å². The van der Waals surface area contributed by atoms with Crippen molar-refractivity contribution in [2.75, 3.05) is 9.80 Å². The van der Waals surface area contributed by atoms with E-state index in [2.05, 4.69) is 133 Å². The van der Waals surface area contributed by atoms with Crippen LogP contribution < -0.4 is 14.5 Å². The van der Waals surface area contributed by atoms with E-state index >= 15 is 0 Å². The molecule has 0 saturated heterocycles. The molecule has 6 nitrogen and oxygen atoms in total. The maximum Gasteiger partial charge on any atom is 0.135 e. The number of para-hydroxylation sites is 4. The Kier molecular flexibility index (Phi) is 11.1. The Hall–Kier alpha value is -7.40. The second-order valence-electron chi connectivity index (χ2n) is 24.4. The van der Waals surface area contributed by atoms with Crippen LogP contribution in [-0.4, -0.2) is 9.55 Å². The third-order valence-corrected chi connectivity index (χ3v) is 14.5. The zero-order valence-electron chi connectivity index (χ0n) is 53.3. The van der Waals surface area contributed by atoms with E-state index in [1.807, 2.05) is 111 Å². The van der Waals surface area contributed by atoms with Gasteiger partial charge in [-0.3, -0.25) is 0 Å². The van der Waals surface area contributed by atoms with Crippen molar-refractivity contribution in [1.29, 1.82) is 0 Å². The molecule has 4 heterocycles. The molecular weight excluding hydrogens is 1140 g/mol. The molecule has 3 aromatic heterocycles. The Morgan fingerprint density at radius 2 is 1.24 bits per heavy atom. The fourth-order valence-corrected chi connectivity index (χ4v) is 10.6. The molecule has 0 saturated carbocycles. The van der Waals surface area contributed by atoms with Gasteiger partial charge in [0.1, 0.15) is 17.0 Å². The van der Waals surface area contributed by atoms with Gasteiger partial charge in [-0.05, 0) is 104 Å². The molecule has 11 aromatic rings. The molecule has 12 rings (SSSR count). The second kappa shape index (κ2) is 19.5. The number of fused-ring (bicyclic) bond motifs is 8. The molecule has 0 aliphatic carbocycles. The molecule has 1 aliphatic heterocycles. The first kappa shape index (κ1) is 44.6. The van der Waals surface area contributed by atoms with Crippen molar-refractivity contribution >= 4 is 66.5 Å². The quantitative estimate of drug-likeness (QED) is 0.142. The van der Waals surface area contributed by atoms with E-state index in [9.17, 15) is 5.48 Å². The number of ether oxygens (including phenoxy) is 1. The van der Waals surface area contributed by atoms with Crippen molar-refractivity contribution in [3.8, 4) is 39.6 Å². The van der Waals surface area contributed by atoms with Gasteiger partial charge in [-0.25, -0.2) is 4.98 Å². The van der Waals surface area contributed by atoms with Crippen LogP contribution in [0.1, 0.15) is 115 Å². The Morgan fingerprint density at radius 3 is 1.94 bits per heavy atom. The van der Waals surface area contributed by atoms with Crippen LogP contribution in [0, 0.1) is 24.2 Å². The fourth-order valence-electron chi connectivity index (χ4n) is 10.6. The number of benzene rings is 8. The van der Waals surface area contributed by atoms with Gasteiger partial charge in [-0.1, -0.05) is 191 Å². The van der Waals surface area contributed by atoms with Crippen LogP contribution >= 0.6 is 0 Å². The van der Waals surface area contributed by atoms with Crippen LogP contribution in [-0.2, 0) is 43.7 Å². The molecule has 8 aromatic carbocycles. The van der Waals surface area contributed by atoms with E-state index in [0.717, 1.165) is 77.4 Å². The van der Waals surface area contributed by atoms with Crippen LogP contribution in [0.15, 0.2) is 174 Å². The number of pyridine rings is 1. The van der Waals surface area contributed by atoms with E-state index in [0.29, 0.717) is 45.3 Å². The maximum atomic E-state index is 9.34. The zero-order chi connectivity index (χ0) is 59.9. The number of hydrogen-bond acceptors (Lipinski definition) is 5. The van der Waals surface area contributed by atoms with Gasteiger partial charge in [0.05, 0.1) is 6.85 Å². The summed E-state index contributed by atoms with van der Waals surface area (Å²) in [6, 6.07) is 49.8. The summed E-state index contributed by atoms with van der Waals surface area (Å²) in [4.78, 5) is 9.04. The summed E-state index contributed by atoms with van der Waals surface area (Å²) in [5.41, 5.74) is 10.5. The Balaban J connectivity index is 0.00000752. The van der Waals surface area contributed by atoms with E-state index < -0.39 is 29.9 Å². The minimum atomic E-state index is -1.69. The molecule has 0 radical (unpaired) electrons. The number of anilines is 4. The Morgan fingerprint density at radius 1 is 0.603 bits per heavy atom. The number of nitrogens with zero attached hydrogens (tertiary/aromatic N) is 4. The minimum Gasteiger partial charge on any atom is -0.509 e. The second-order valence-corrected chi connectivity index (χ2v) is 24.4. The van der Waals surface area contributed by atoms with Gasteiger partial charge in [0.2, 0.25) is 0 Å². The van der Waals surface area contributed by atoms with Crippen LogP contribution in [0.4, 0.5) is 22.7 Å². The van der Waals surface area contributed by atoms with Crippen molar-refractivity contribution < 1.29 is 39.8 Å². The van der Waals surface area contributed by atoms with E-state index in [1.54, 1.807) is 12.3 Å². The van der Waals surface area contributed by atoms with Gasteiger partial charge >= 0.3 is 0 Å². The monoisotopic (exact) mass is 1210 g/mol. The van der Waals surface area contributed by atoms with Crippen molar-refractivity contribution in [2.45, 2.75) is 106 Å². The molecule has 1 aliphatic rings. The molecule has 0 amide bonds. The molecule has 78 heavy (non-hydrogen) atoms. The molecule has 0 bridgehead atoms. The van der Waals surface area contributed by atoms with Crippen LogP contribution in [0.25, 0.3) is 71.8 Å². The first-order valence-corrected chi connectivity index (χ1v) is 26.4. The van der Waals surface area contributed by atoms with Crippen molar-refractivity contribution in [3.63, 3.8) is 0 Å². The standard InChI is InChI=1S/C71H67N4O2.Pt/c1-68(2,3)43-45-33-34-72-64(35-45)75-61-32-31-57-56-23-16-19-28-63(56)77-67(57)65(61)58-30-29-52(42-62(58)75)76-53-40-50(71(10,11)12)39-51(41-53)73-44-74(60-27-18-17-26-59(60)73)66-54(46-21-14-13-15-22-46)24-20-25-55(66)47-36-48(69(4,5)6)38-49(37-47)70(7,8)9;/h13-40,44H,43H2,1-12H3;/q-3;/i13D,14D,15D,21D,22D,43D2;. The predicted octanol–water partition coefficient (Wildman–Crippen LogP) is 19.7. The van der Waals surface area contributed by atoms with Gasteiger partial charge in [0.25, 0.3) is 0 Å². The maximum absolute atomic E-state index is 9.34. The molecule has 396 valence electrons. The molecule has 0 fully saturated rings. The van der Waals surface area contributed by atoms with Crippen LogP contribution in [0.5, 0.6) is 11.5 Å². The van der Waals surface area contributed by atoms with Crippen molar-refractivity contribution in [3.05, 3.63) is 211 Å². The SMILES string of the molecule is [2H]c1c([2H])c([2H])c(-c2cccc(-c3cc(C(C)(C)C)cc(C(C)(C)C)c3)c2N2[CH-]N(c3[c-]c(Oc4[c-]c5c(cc4)c4c6oc7ccccc7c6ccc4n5-c4cc(C([2H])([2H])C(C)(C)C)ccn4)cc(C(C)(C)C)c3)c3ccccc32)c([2H])c1[2H].[Pt]. The molecule has 0 atom stereocenters. The van der Waals surface area contributed by atoms with Gasteiger partial charge in [-0.15, -0.1) is 48.3 Å². The minimum absolute atomic E-state index is 0. The van der Waals surface area contributed by atoms with Crippen LogP contribution in [0.3, 0.4) is 0 Å². The normalized spacial score (nSPS) is 14.7.